The number of fused-ring (bicyclic) bond motifs is 1. The van der Waals surface area contributed by atoms with Gasteiger partial charge in [-0.05, 0) is 17.7 Å². The fourth-order valence-corrected chi connectivity index (χ4v) is 3.14. The largest absolute Gasteiger partial charge is 0.393 e. The second-order valence-corrected chi connectivity index (χ2v) is 6.05. The van der Waals surface area contributed by atoms with E-state index < -0.39 is 30.8 Å². The minimum absolute atomic E-state index is 0.0178. The van der Waals surface area contributed by atoms with Crippen LogP contribution in [0.3, 0.4) is 0 Å². The molecule has 1 aliphatic rings. The highest BCUT2D eigenvalue weighted by Crippen LogP contribution is 2.46. The molecule has 0 bridgehead atoms. The van der Waals surface area contributed by atoms with Gasteiger partial charge in [0.1, 0.15) is 18.3 Å². The Morgan fingerprint density at radius 3 is 2.68 bits per heavy atom. The maximum absolute atomic E-state index is 14.1. The van der Waals surface area contributed by atoms with Crippen LogP contribution in [0.1, 0.15) is 11.7 Å². The van der Waals surface area contributed by atoms with Gasteiger partial charge in [-0.25, -0.2) is 9.37 Å². The number of alkyl halides is 1. The number of halogens is 4. The van der Waals surface area contributed by atoms with Crippen molar-refractivity contribution in [2.24, 2.45) is 0 Å². The Morgan fingerprint density at radius 2 is 2.09 bits per heavy atom. The van der Waals surface area contributed by atoms with Crippen LogP contribution in [-0.2, 0) is 4.74 Å². The van der Waals surface area contributed by atoms with Crippen molar-refractivity contribution in [2.45, 2.75) is 24.2 Å². The molecule has 0 aliphatic carbocycles. The first-order chi connectivity index (χ1) is 10.3. The van der Waals surface area contributed by atoms with Crippen LogP contribution in [0, 0.1) is 0 Å². The molecule has 1 aromatic heterocycles. The number of benzene rings is 1. The number of rotatable bonds is 2. The van der Waals surface area contributed by atoms with Crippen molar-refractivity contribution < 1.29 is 24.4 Å². The van der Waals surface area contributed by atoms with Gasteiger partial charge in [0.25, 0.3) is 5.85 Å². The molecule has 120 valence electrons. The first kappa shape index (κ1) is 16.2. The summed E-state index contributed by atoms with van der Waals surface area (Å²) in [6, 6.07) is 1.47. The van der Waals surface area contributed by atoms with Crippen LogP contribution in [-0.4, -0.2) is 50.0 Å². The summed E-state index contributed by atoms with van der Waals surface area (Å²) in [5.41, 5.74) is 0.699. The lowest BCUT2D eigenvalue weighted by Gasteiger charge is -2.21. The minimum Gasteiger partial charge on any atom is -0.393 e. The number of aliphatic hydroxyl groups excluding tert-OH is 2. The van der Waals surface area contributed by atoms with Gasteiger partial charge in [0, 0.05) is 5.56 Å². The Morgan fingerprint density at radius 1 is 1.41 bits per heavy atom. The summed E-state index contributed by atoms with van der Waals surface area (Å²) in [4.78, 5) is 6.72. The van der Waals surface area contributed by atoms with Crippen molar-refractivity contribution in [3.63, 3.8) is 0 Å². The molecule has 1 aliphatic heterocycles. The monoisotopic (exact) mass is 370 g/mol. The first-order valence-electron chi connectivity index (χ1n) is 6.16. The van der Waals surface area contributed by atoms with E-state index in [1.54, 1.807) is 0 Å². The van der Waals surface area contributed by atoms with Crippen LogP contribution in [0.15, 0.2) is 6.07 Å². The fraction of sp³-hybridized carbons (Fsp3) is 0.417. The van der Waals surface area contributed by atoms with Gasteiger partial charge in [-0.15, -0.1) is 0 Å². The Balaban J connectivity index is 2.20. The highest BCUT2D eigenvalue weighted by molar-refractivity contribution is 6.43. The molecule has 0 spiro atoms. The van der Waals surface area contributed by atoms with E-state index in [9.17, 15) is 14.6 Å². The predicted octanol–water partition coefficient (Wildman–Crippen LogP) is 1.97. The summed E-state index contributed by atoms with van der Waals surface area (Å²) in [6.45, 7) is -0.830. The first-order valence-corrected chi connectivity index (χ1v) is 7.29. The van der Waals surface area contributed by atoms with Crippen LogP contribution in [0.4, 0.5) is 4.39 Å². The quantitative estimate of drug-likeness (QED) is 0.647. The smallest absolute Gasteiger partial charge is 0.264 e. The number of nitrogens with one attached hydrogen (secondary N) is 1. The molecule has 2 aromatic rings. The maximum Gasteiger partial charge on any atom is 0.264 e. The van der Waals surface area contributed by atoms with Crippen LogP contribution in [0.5, 0.6) is 0 Å². The Bertz CT molecular complexity index is 739. The summed E-state index contributed by atoms with van der Waals surface area (Å²) in [5, 5.41) is 28.9. The number of hydrogen-bond acceptors (Lipinski definition) is 5. The van der Waals surface area contributed by atoms with Gasteiger partial charge in [0.2, 0.25) is 5.28 Å². The molecular weight excluding hydrogens is 361 g/mol. The van der Waals surface area contributed by atoms with Gasteiger partial charge in [0.05, 0.1) is 27.7 Å². The molecule has 6 nitrogen and oxygen atoms in total. The van der Waals surface area contributed by atoms with E-state index in [1.165, 1.54) is 6.07 Å². The number of nitrogens with zero attached hydrogens (tertiary/aromatic N) is 1. The van der Waals surface area contributed by atoms with Crippen molar-refractivity contribution in [2.75, 3.05) is 6.61 Å². The molecule has 1 fully saturated rings. The van der Waals surface area contributed by atoms with E-state index >= 15 is 0 Å². The van der Waals surface area contributed by atoms with E-state index in [2.05, 4.69) is 9.97 Å². The number of aliphatic hydroxyl groups is 3. The lowest BCUT2D eigenvalue weighted by molar-refractivity contribution is -0.181. The molecular formula is C12H10Cl3FN2O4. The Kier molecular flexibility index (Phi) is 4.01. The van der Waals surface area contributed by atoms with Gasteiger partial charge >= 0.3 is 0 Å². The minimum atomic E-state index is -3.14. The summed E-state index contributed by atoms with van der Waals surface area (Å²) in [6.07, 6.45) is -4.99. The Labute approximate surface area is 138 Å². The Hall–Kier alpha value is -0.670. The second kappa shape index (κ2) is 5.45. The van der Waals surface area contributed by atoms with Gasteiger partial charge in [0.15, 0.2) is 0 Å². The highest BCUT2D eigenvalue weighted by atomic mass is 35.5. The molecule has 1 saturated heterocycles. The van der Waals surface area contributed by atoms with E-state index in [1.807, 2.05) is 0 Å². The van der Waals surface area contributed by atoms with E-state index in [0.717, 1.165) is 0 Å². The van der Waals surface area contributed by atoms with Gasteiger partial charge < -0.3 is 25.0 Å². The summed E-state index contributed by atoms with van der Waals surface area (Å²) in [5.74, 6) is -3.14. The van der Waals surface area contributed by atoms with Crippen molar-refractivity contribution in [1.82, 2.24) is 9.97 Å². The predicted molar refractivity (Wildman–Crippen MR) is 77.9 cm³/mol. The number of H-pyrrole nitrogens is 1. The number of imidazole rings is 1. The van der Waals surface area contributed by atoms with Crippen LogP contribution < -0.4 is 0 Å². The van der Waals surface area contributed by atoms with E-state index in [-0.39, 0.29) is 26.4 Å². The lowest BCUT2D eigenvalue weighted by Crippen LogP contribution is -2.44. The molecule has 22 heavy (non-hydrogen) atoms. The number of aromatic nitrogens is 2. The molecule has 0 saturated carbocycles. The van der Waals surface area contributed by atoms with Crippen LogP contribution in [0.2, 0.25) is 15.3 Å². The summed E-state index contributed by atoms with van der Waals surface area (Å²) >= 11 is 17.9. The second-order valence-electron chi connectivity index (χ2n) is 4.91. The molecule has 1 aromatic carbocycles. The molecule has 4 atom stereocenters. The highest BCUT2D eigenvalue weighted by Gasteiger charge is 2.57. The van der Waals surface area contributed by atoms with Crippen molar-refractivity contribution in [1.29, 1.82) is 0 Å². The van der Waals surface area contributed by atoms with Crippen LogP contribution in [0.25, 0.3) is 11.0 Å². The molecule has 0 amide bonds. The third kappa shape index (κ3) is 2.28. The zero-order valence-corrected chi connectivity index (χ0v) is 13.0. The molecule has 0 radical (unpaired) electrons. The van der Waals surface area contributed by atoms with Crippen molar-refractivity contribution >= 4 is 45.8 Å². The van der Waals surface area contributed by atoms with Crippen molar-refractivity contribution in [3.8, 4) is 0 Å². The third-order valence-electron chi connectivity index (χ3n) is 3.59. The van der Waals surface area contributed by atoms with Gasteiger partial charge in [-0.1, -0.05) is 23.2 Å². The fourth-order valence-electron chi connectivity index (χ4n) is 2.50. The number of ether oxygens (including phenoxy) is 1. The average Bonchev–Trinajstić information content (AvgIpc) is 2.91. The maximum atomic E-state index is 14.1. The average molecular weight is 372 g/mol. The third-order valence-corrected chi connectivity index (χ3v) is 4.57. The number of aromatic amines is 1. The zero-order valence-electron chi connectivity index (χ0n) is 10.7. The molecule has 10 heteroatoms. The molecule has 4 N–H and O–H groups in total. The topological polar surface area (TPSA) is 98.6 Å². The van der Waals surface area contributed by atoms with Crippen LogP contribution >= 0.6 is 34.8 Å². The molecule has 1 unspecified atom stereocenters. The standard InChI is InChI=1S/C12H10Cl3FN2O4/c13-3-1-4-8(18-11(15)17-4)6(7(3)14)9-10(20)12(16,21)5(2-19)22-9/h1,5,9-10,19-21H,2H2,(H,17,18)/t5-,9?,10+,12+/m1/s1. The van der Waals surface area contributed by atoms with E-state index in [4.69, 9.17) is 44.6 Å². The lowest BCUT2D eigenvalue weighted by atomic mass is 9.98. The summed E-state index contributed by atoms with van der Waals surface area (Å²) in [7, 11) is 0. The van der Waals surface area contributed by atoms with Crippen molar-refractivity contribution in [3.05, 3.63) is 27.0 Å². The van der Waals surface area contributed by atoms with E-state index in [0.29, 0.717) is 5.52 Å². The summed E-state index contributed by atoms with van der Waals surface area (Å²) < 4.78 is 19.3. The molecule has 2 heterocycles. The zero-order chi connectivity index (χ0) is 16.2. The molecule has 3 rings (SSSR count). The number of hydrogen-bond donors (Lipinski definition) is 4. The SMILES string of the molecule is OC[C@H]1OC(c2c(Cl)c(Cl)cc3[nH]c(Cl)nc23)[C@H](O)[C@]1(O)F. The van der Waals surface area contributed by atoms with Gasteiger partial charge in [-0.2, -0.15) is 0 Å². The normalized spacial score (nSPS) is 32.0. The van der Waals surface area contributed by atoms with Gasteiger partial charge in [-0.3, -0.25) is 0 Å².